The molecule has 0 bridgehead atoms. The van der Waals surface area contributed by atoms with Crippen LogP contribution in [0.4, 0.5) is 0 Å². The van der Waals surface area contributed by atoms with Gasteiger partial charge in [-0.05, 0) is 30.7 Å². The Kier molecular flexibility index (Phi) is 6.56. The Balaban J connectivity index is 2.93. The van der Waals surface area contributed by atoms with Gasteiger partial charge >= 0.3 is 0 Å². The highest BCUT2D eigenvalue weighted by atomic mass is 35.5. The second-order valence-electron chi connectivity index (χ2n) is 3.91. The van der Waals surface area contributed by atoms with Crippen molar-refractivity contribution in [3.63, 3.8) is 0 Å². The summed E-state index contributed by atoms with van der Waals surface area (Å²) >= 11 is 11.6. The van der Waals surface area contributed by atoms with Crippen molar-refractivity contribution in [2.24, 2.45) is 0 Å². The number of rotatable bonds is 7. The first kappa shape index (κ1) is 16.7. The third kappa shape index (κ3) is 4.33. The molecule has 108 valence electrons. The van der Waals surface area contributed by atoms with Gasteiger partial charge in [0.05, 0.1) is 11.5 Å². The second kappa shape index (κ2) is 7.45. The van der Waals surface area contributed by atoms with Gasteiger partial charge in [0.25, 0.3) is 0 Å². The number of benzene rings is 1. The molecule has 0 spiro atoms. The van der Waals surface area contributed by atoms with E-state index in [1.54, 1.807) is 6.07 Å². The molecule has 0 amide bonds. The van der Waals surface area contributed by atoms with E-state index >= 15 is 0 Å². The third-order valence-corrected chi connectivity index (χ3v) is 5.13. The summed E-state index contributed by atoms with van der Waals surface area (Å²) in [4.78, 5) is 0.187. The van der Waals surface area contributed by atoms with Crippen LogP contribution in [0.3, 0.4) is 0 Å². The van der Waals surface area contributed by atoms with Crippen molar-refractivity contribution < 1.29 is 13.2 Å². The van der Waals surface area contributed by atoms with E-state index in [0.717, 1.165) is 0 Å². The van der Waals surface area contributed by atoms with Gasteiger partial charge in [0.15, 0.2) is 0 Å². The molecule has 0 N–H and O–H groups in total. The van der Waals surface area contributed by atoms with Gasteiger partial charge in [0, 0.05) is 31.1 Å². The Bertz CT molecular complexity index is 520. The van der Waals surface area contributed by atoms with E-state index in [9.17, 15) is 8.42 Å². The molecule has 19 heavy (non-hydrogen) atoms. The SMILES string of the molecule is CCOCCN(C)S(=O)(=O)c1ccc(Cl)c(CCl)c1. The maximum atomic E-state index is 12.3. The first-order valence-corrected chi connectivity index (χ1v) is 8.17. The van der Waals surface area contributed by atoms with Crippen molar-refractivity contribution in [1.82, 2.24) is 4.31 Å². The molecule has 0 aliphatic carbocycles. The van der Waals surface area contributed by atoms with Gasteiger partial charge in [-0.15, -0.1) is 11.6 Å². The van der Waals surface area contributed by atoms with E-state index in [1.165, 1.54) is 23.5 Å². The summed E-state index contributed by atoms with van der Waals surface area (Å²) in [6.07, 6.45) is 0. The van der Waals surface area contributed by atoms with E-state index in [-0.39, 0.29) is 10.8 Å². The van der Waals surface area contributed by atoms with Gasteiger partial charge in [-0.25, -0.2) is 8.42 Å². The molecule has 0 radical (unpaired) electrons. The lowest BCUT2D eigenvalue weighted by Crippen LogP contribution is -2.30. The van der Waals surface area contributed by atoms with Gasteiger partial charge in [-0.1, -0.05) is 11.6 Å². The van der Waals surface area contributed by atoms with Crippen LogP contribution in [-0.2, 0) is 20.6 Å². The molecule has 0 unspecified atom stereocenters. The van der Waals surface area contributed by atoms with E-state index in [4.69, 9.17) is 27.9 Å². The summed E-state index contributed by atoms with van der Waals surface area (Å²) in [7, 11) is -2.02. The minimum Gasteiger partial charge on any atom is -0.380 e. The van der Waals surface area contributed by atoms with Crippen LogP contribution in [0.15, 0.2) is 23.1 Å². The Labute approximate surface area is 124 Å². The van der Waals surface area contributed by atoms with Gasteiger partial charge in [-0.3, -0.25) is 0 Å². The molecule has 0 saturated carbocycles. The Morgan fingerprint density at radius 2 is 2.05 bits per heavy atom. The summed E-state index contributed by atoms with van der Waals surface area (Å²) in [5.74, 6) is 0.171. The van der Waals surface area contributed by atoms with Crippen LogP contribution in [0.5, 0.6) is 0 Å². The largest absolute Gasteiger partial charge is 0.380 e. The Morgan fingerprint density at radius 3 is 2.63 bits per heavy atom. The molecular formula is C12H17Cl2NO3S. The second-order valence-corrected chi connectivity index (χ2v) is 6.63. The molecule has 1 aromatic rings. The minimum atomic E-state index is -3.53. The molecule has 0 saturated heterocycles. The van der Waals surface area contributed by atoms with Crippen molar-refractivity contribution in [3.05, 3.63) is 28.8 Å². The minimum absolute atomic E-state index is 0.171. The quantitative estimate of drug-likeness (QED) is 0.572. The number of alkyl halides is 1. The average Bonchev–Trinajstić information content (AvgIpc) is 2.39. The van der Waals surface area contributed by atoms with Crippen LogP contribution >= 0.6 is 23.2 Å². The predicted molar refractivity (Wildman–Crippen MR) is 77.3 cm³/mol. The zero-order chi connectivity index (χ0) is 14.5. The molecule has 4 nitrogen and oxygen atoms in total. The van der Waals surface area contributed by atoms with Crippen molar-refractivity contribution >= 4 is 33.2 Å². The first-order chi connectivity index (χ1) is 8.93. The number of likely N-dealkylation sites (N-methyl/N-ethyl adjacent to an activating group) is 1. The fourth-order valence-corrected chi connectivity index (χ4v) is 3.13. The zero-order valence-electron chi connectivity index (χ0n) is 10.9. The number of nitrogens with zero attached hydrogens (tertiary/aromatic N) is 1. The van der Waals surface area contributed by atoms with Crippen LogP contribution in [0.25, 0.3) is 0 Å². The zero-order valence-corrected chi connectivity index (χ0v) is 13.2. The van der Waals surface area contributed by atoms with Gasteiger partial charge < -0.3 is 4.74 Å². The summed E-state index contributed by atoms with van der Waals surface area (Å²) in [5, 5.41) is 0.464. The maximum absolute atomic E-state index is 12.3. The standard InChI is InChI=1S/C12H17Cl2NO3S/c1-3-18-7-6-15(2)19(16,17)11-4-5-12(14)10(8-11)9-13/h4-5,8H,3,6-7,9H2,1-2H3. The summed E-state index contributed by atoms with van der Waals surface area (Å²) < 4.78 is 31.0. The number of sulfonamides is 1. The number of hydrogen-bond donors (Lipinski definition) is 0. The summed E-state index contributed by atoms with van der Waals surface area (Å²) in [6.45, 7) is 3.09. The molecule has 1 rings (SSSR count). The van der Waals surface area contributed by atoms with Crippen LogP contribution in [0.1, 0.15) is 12.5 Å². The van der Waals surface area contributed by atoms with Crippen molar-refractivity contribution in [3.8, 4) is 0 Å². The normalized spacial score (nSPS) is 12.1. The number of hydrogen-bond acceptors (Lipinski definition) is 3. The van der Waals surface area contributed by atoms with Gasteiger partial charge in [-0.2, -0.15) is 4.31 Å². The Hall–Kier alpha value is -0.330. The van der Waals surface area contributed by atoms with Crippen LogP contribution in [0.2, 0.25) is 5.02 Å². The van der Waals surface area contributed by atoms with E-state index in [1.807, 2.05) is 6.92 Å². The highest BCUT2D eigenvalue weighted by molar-refractivity contribution is 7.89. The highest BCUT2D eigenvalue weighted by Crippen LogP contribution is 2.23. The maximum Gasteiger partial charge on any atom is 0.242 e. The number of ether oxygens (including phenoxy) is 1. The Morgan fingerprint density at radius 1 is 1.37 bits per heavy atom. The third-order valence-electron chi connectivity index (χ3n) is 2.62. The molecule has 0 aliphatic rings. The van der Waals surface area contributed by atoms with Crippen LogP contribution in [-0.4, -0.2) is 39.5 Å². The molecule has 0 heterocycles. The molecule has 0 fully saturated rings. The van der Waals surface area contributed by atoms with E-state index in [2.05, 4.69) is 0 Å². The van der Waals surface area contributed by atoms with E-state index in [0.29, 0.717) is 30.3 Å². The lowest BCUT2D eigenvalue weighted by Gasteiger charge is -2.17. The van der Waals surface area contributed by atoms with Gasteiger partial charge in [0.2, 0.25) is 10.0 Å². The smallest absolute Gasteiger partial charge is 0.242 e. The number of halogens is 2. The van der Waals surface area contributed by atoms with Crippen LogP contribution < -0.4 is 0 Å². The van der Waals surface area contributed by atoms with Crippen molar-refractivity contribution in [2.45, 2.75) is 17.7 Å². The topological polar surface area (TPSA) is 46.6 Å². The molecule has 1 aromatic carbocycles. The molecule has 0 aromatic heterocycles. The molecular weight excluding hydrogens is 309 g/mol. The fraction of sp³-hybridized carbons (Fsp3) is 0.500. The predicted octanol–water partition coefficient (Wildman–Crippen LogP) is 2.74. The van der Waals surface area contributed by atoms with Crippen molar-refractivity contribution in [1.29, 1.82) is 0 Å². The highest BCUT2D eigenvalue weighted by Gasteiger charge is 2.21. The molecule has 0 atom stereocenters. The molecule has 7 heteroatoms. The first-order valence-electron chi connectivity index (χ1n) is 5.82. The van der Waals surface area contributed by atoms with E-state index < -0.39 is 10.0 Å². The molecule has 0 aliphatic heterocycles. The summed E-state index contributed by atoms with van der Waals surface area (Å²) in [5.41, 5.74) is 0.600. The average molecular weight is 326 g/mol. The monoisotopic (exact) mass is 325 g/mol. The van der Waals surface area contributed by atoms with Crippen LogP contribution in [0, 0.1) is 0 Å². The summed E-state index contributed by atoms with van der Waals surface area (Å²) in [6, 6.07) is 4.52. The fourth-order valence-electron chi connectivity index (χ4n) is 1.45. The lowest BCUT2D eigenvalue weighted by molar-refractivity contribution is 0.138. The van der Waals surface area contributed by atoms with Gasteiger partial charge in [0.1, 0.15) is 0 Å². The lowest BCUT2D eigenvalue weighted by atomic mass is 10.2. The van der Waals surface area contributed by atoms with Crippen molar-refractivity contribution in [2.75, 3.05) is 26.8 Å².